The van der Waals surface area contributed by atoms with Crippen molar-refractivity contribution in [3.05, 3.63) is 34.8 Å². The lowest BCUT2D eigenvalue weighted by Crippen LogP contribution is -2.41. The van der Waals surface area contributed by atoms with Crippen molar-refractivity contribution in [1.82, 2.24) is 4.98 Å². The molecule has 0 spiro atoms. The van der Waals surface area contributed by atoms with Crippen LogP contribution in [0, 0.1) is 23.0 Å². The summed E-state index contributed by atoms with van der Waals surface area (Å²) < 4.78 is 52.6. The van der Waals surface area contributed by atoms with Gasteiger partial charge < -0.3 is 9.31 Å². The van der Waals surface area contributed by atoms with Crippen molar-refractivity contribution in [2.45, 2.75) is 38.9 Å². The fourth-order valence-corrected chi connectivity index (χ4v) is 1.85. The van der Waals surface area contributed by atoms with E-state index in [1.807, 2.05) is 0 Å². The van der Waals surface area contributed by atoms with Gasteiger partial charge in [-0.1, -0.05) is 0 Å². The molecule has 1 aromatic rings. The zero-order valence-electron chi connectivity index (χ0n) is 12.6. The van der Waals surface area contributed by atoms with Crippen LogP contribution >= 0.6 is 0 Å². The minimum absolute atomic E-state index is 0.616. The maximum Gasteiger partial charge on any atom is 0.525 e. The zero-order chi connectivity index (χ0) is 16.7. The summed E-state index contributed by atoms with van der Waals surface area (Å²) in [6.07, 6.45) is 1.28. The summed E-state index contributed by atoms with van der Waals surface area (Å²) in [4.78, 5) is 3.28. The monoisotopic (exact) mass is 310 g/mol. The first-order chi connectivity index (χ1) is 10.1. The highest BCUT2D eigenvalue weighted by molar-refractivity contribution is 6.54. The maximum atomic E-state index is 14.3. The fraction of sp³-hybridized carbons (Fsp3) is 0.429. The largest absolute Gasteiger partial charge is 0.525 e. The van der Waals surface area contributed by atoms with Crippen LogP contribution < -0.4 is 0 Å². The van der Waals surface area contributed by atoms with Gasteiger partial charge in [0.25, 0.3) is 0 Å². The van der Waals surface area contributed by atoms with E-state index >= 15 is 0 Å². The summed E-state index contributed by atoms with van der Waals surface area (Å²) in [5, 5.41) is 8.68. The van der Waals surface area contributed by atoms with Crippen LogP contribution in [0.1, 0.15) is 39.0 Å². The molecular formula is C14H14BF3N2O2. The molecule has 1 aromatic heterocycles. The molecule has 2 rings (SSSR count). The summed E-state index contributed by atoms with van der Waals surface area (Å²) in [5.74, 6) is -2.31. The predicted molar refractivity (Wildman–Crippen MR) is 74.0 cm³/mol. The van der Waals surface area contributed by atoms with E-state index in [4.69, 9.17) is 14.6 Å². The van der Waals surface area contributed by atoms with Gasteiger partial charge in [0, 0.05) is 0 Å². The molecule has 1 aliphatic rings. The second-order valence-corrected chi connectivity index (χ2v) is 5.91. The van der Waals surface area contributed by atoms with Gasteiger partial charge >= 0.3 is 7.12 Å². The smallest absolute Gasteiger partial charge is 0.398 e. The first-order valence-electron chi connectivity index (χ1n) is 6.56. The summed E-state index contributed by atoms with van der Waals surface area (Å²) in [5.41, 5.74) is -3.87. The lowest BCUT2D eigenvalue weighted by Gasteiger charge is -2.32. The third-order valence-corrected chi connectivity index (χ3v) is 3.88. The molecule has 0 N–H and O–H groups in total. The first kappa shape index (κ1) is 16.5. The molecule has 0 bridgehead atoms. The number of nitriles is 1. The second-order valence-electron chi connectivity index (χ2n) is 5.91. The number of hydrogen-bond acceptors (Lipinski definition) is 4. The number of halogens is 3. The maximum absolute atomic E-state index is 14.3. The molecular weight excluding hydrogens is 296 g/mol. The molecule has 0 aliphatic carbocycles. The van der Waals surface area contributed by atoms with Gasteiger partial charge in [0.2, 0.25) is 0 Å². The summed E-state index contributed by atoms with van der Waals surface area (Å²) >= 11 is 0. The third-order valence-electron chi connectivity index (χ3n) is 3.88. The number of hydrogen-bond donors (Lipinski definition) is 0. The third kappa shape index (κ3) is 2.74. The first-order valence-corrected chi connectivity index (χ1v) is 6.56. The number of aromatic nitrogens is 1. The van der Waals surface area contributed by atoms with E-state index in [1.54, 1.807) is 27.7 Å². The molecule has 0 atom stereocenters. The standard InChI is InChI=1S/C14H14BF3N2O2/c1-13(2)14(3,4)22-15(21-13)11(17)5-8-9(16)7-20-10(6-19)12(8)18/h5,7H,1-4H3. The van der Waals surface area contributed by atoms with Gasteiger partial charge in [0.1, 0.15) is 11.8 Å². The second kappa shape index (κ2) is 5.41. The molecule has 1 fully saturated rings. The molecule has 22 heavy (non-hydrogen) atoms. The Hall–Kier alpha value is -1.85. The highest BCUT2D eigenvalue weighted by Gasteiger charge is 2.53. The van der Waals surface area contributed by atoms with Gasteiger partial charge in [-0.2, -0.15) is 5.26 Å². The van der Waals surface area contributed by atoms with Gasteiger partial charge in [0.05, 0.1) is 23.0 Å². The molecule has 1 saturated heterocycles. The summed E-state index contributed by atoms with van der Waals surface area (Å²) in [6.45, 7) is 6.90. The Morgan fingerprint density at radius 2 is 1.82 bits per heavy atom. The van der Waals surface area contributed by atoms with Crippen LogP contribution in [-0.2, 0) is 9.31 Å². The van der Waals surface area contributed by atoms with Gasteiger partial charge in [-0.05, 0) is 33.8 Å². The molecule has 0 unspecified atom stereocenters. The van der Waals surface area contributed by atoms with Gasteiger partial charge in [0.15, 0.2) is 17.3 Å². The zero-order valence-corrected chi connectivity index (χ0v) is 12.6. The van der Waals surface area contributed by atoms with Crippen LogP contribution in [0.4, 0.5) is 13.2 Å². The van der Waals surface area contributed by atoms with Crippen LogP contribution in [0.5, 0.6) is 0 Å². The van der Waals surface area contributed by atoms with Crippen molar-refractivity contribution in [3.63, 3.8) is 0 Å². The molecule has 0 aromatic carbocycles. The SMILES string of the molecule is CC1(C)OB(C(F)=Cc2c(F)cnc(C#N)c2F)OC1(C)C. The van der Waals surface area contributed by atoms with E-state index in [0.717, 1.165) is 0 Å². The van der Waals surface area contributed by atoms with E-state index in [0.29, 0.717) is 12.3 Å². The lowest BCUT2D eigenvalue weighted by molar-refractivity contribution is 0.00578. The van der Waals surface area contributed by atoms with Gasteiger partial charge in [-0.3, -0.25) is 0 Å². The Morgan fingerprint density at radius 1 is 1.27 bits per heavy atom. The van der Waals surface area contributed by atoms with Crippen molar-refractivity contribution in [2.75, 3.05) is 0 Å². The number of pyridine rings is 1. The lowest BCUT2D eigenvalue weighted by atomic mass is 9.86. The Kier molecular flexibility index (Phi) is 4.06. The van der Waals surface area contributed by atoms with Crippen molar-refractivity contribution >= 4 is 13.2 Å². The van der Waals surface area contributed by atoms with Crippen LogP contribution in [-0.4, -0.2) is 23.3 Å². The molecule has 4 nitrogen and oxygen atoms in total. The predicted octanol–water partition coefficient (Wildman–Crippen LogP) is 3.17. The highest BCUT2D eigenvalue weighted by Crippen LogP contribution is 2.39. The van der Waals surface area contributed by atoms with Gasteiger partial charge in [-0.15, -0.1) is 0 Å². The van der Waals surface area contributed by atoms with E-state index in [1.165, 1.54) is 6.07 Å². The quantitative estimate of drug-likeness (QED) is 0.787. The Balaban J connectivity index is 2.38. The fourth-order valence-electron chi connectivity index (χ4n) is 1.85. The van der Waals surface area contributed by atoms with Crippen molar-refractivity contribution in [3.8, 4) is 6.07 Å². The van der Waals surface area contributed by atoms with Crippen molar-refractivity contribution < 1.29 is 22.5 Å². The minimum atomic E-state index is -1.37. The summed E-state index contributed by atoms with van der Waals surface area (Å²) in [7, 11) is -1.37. The number of nitrogens with zero attached hydrogens (tertiary/aromatic N) is 2. The highest BCUT2D eigenvalue weighted by atomic mass is 19.1. The number of rotatable bonds is 2. The average Bonchev–Trinajstić information content (AvgIpc) is 2.63. The average molecular weight is 310 g/mol. The normalized spacial score (nSPS) is 20.1. The Morgan fingerprint density at radius 3 is 2.32 bits per heavy atom. The topological polar surface area (TPSA) is 55.1 Å². The van der Waals surface area contributed by atoms with Crippen LogP contribution in [0.25, 0.3) is 6.08 Å². The molecule has 0 amide bonds. The van der Waals surface area contributed by atoms with Crippen LogP contribution in [0.3, 0.4) is 0 Å². The Bertz CT molecular complexity index is 667. The molecule has 0 saturated carbocycles. The van der Waals surface area contributed by atoms with E-state index in [-0.39, 0.29) is 0 Å². The Labute approximate surface area is 126 Å². The molecule has 116 valence electrons. The van der Waals surface area contributed by atoms with Crippen LogP contribution in [0.2, 0.25) is 0 Å². The molecule has 2 heterocycles. The molecule has 1 aliphatic heterocycles. The van der Waals surface area contributed by atoms with Gasteiger partial charge in [-0.25, -0.2) is 18.2 Å². The van der Waals surface area contributed by atoms with Crippen molar-refractivity contribution in [2.24, 2.45) is 0 Å². The van der Waals surface area contributed by atoms with E-state index in [2.05, 4.69) is 4.98 Å². The van der Waals surface area contributed by atoms with E-state index in [9.17, 15) is 13.2 Å². The summed E-state index contributed by atoms with van der Waals surface area (Å²) in [6, 6.07) is 1.46. The minimum Gasteiger partial charge on any atom is -0.398 e. The van der Waals surface area contributed by atoms with E-state index < -0.39 is 46.9 Å². The molecule has 8 heteroatoms. The van der Waals surface area contributed by atoms with Crippen LogP contribution in [0.15, 0.2) is 11.9 Å². The van der Waals surface area contributed by atoms with Crippen molar-refractivity contribution in [1.29, 1.82) is 5.26 Å². The molecule has 0 radical (unpaired) electrons.